The second-order valence-electron chi connectivity index (χ2n) is 6.99. The smallest absolute Gasteiger partial charge is 0.251 e. The number of hydrogen-bond acceptors (Lipinski definition) is 5. The number of nitrogens with one attached hydrogen (secondary N) is 1. The van der Waals surface area contributed by atoms with Gasteiger partial charge in [0.2, 0.25) is 15.9 Å². The number of unbranched alkanes of at least 4 members (excludes halogenated alkanes) is 1. The fourth-order valence-electron chi connectivity index (χ4n) is 3.15. The fourth-order valence-corrected chi connectivity index (χ4v) is 4.72. The molecule has 2 heterocycles. The van der Waals surface area contributed by atoms with Crippen LogP contribution < -0.4 is 10.1 Å². The molecule has 0 bridgehead atoms. The van der Waals surface area contributed by atoms with Gasteiger partial charge in [-0.3, -0.25) is 4.79 Å². The molecule has 0 spiro atoms. The summed E-state index contributed by atoms with van der Waals surface area (Å²) in [6, 6.07) is 9.82. The van der Waals surface area contributed by atoms with Gasteiger partial charge in [-0.25, -0.2) is 13.4 Å². The molecule has 8 heteroatoms. The van der Waals surface area contributed by atoms with Crippen molar-refractivity contribution in [2.24, 2.45) is 0 Å². The molecule has 0 aliphatic carbocycles. The molecular formula is C21H27N3O4S. The molecule has 29 heavy (non-hydrogen) atoms. The topological polar surface area (TPSA) is 88.6 Å². The summed E-state index contributed by atoms with van der Waals surface area (Å²) in [4.78, 5) is 17.0. The number of aromatic nitrogens is 1. The molecule has 2 aromatic rings. The molecule has 1 saturated heterocycles. The lowest BCUT2D eigenvalue weighted by molar-refractivity contribution is 0.0950. The highest BCUT2D eigenvalue weighted by Crippen LogP contribution is 2.22. The third-order valence-corrected chi connectivity index (χ3v) is 6.72. The van der Waals surface area contributed by atoms with E-state index in [4.69, 9.17) is 4.74 Å². The first-order chi connectivity index (χ1) is 14.0. The number of ether oxygens (including phenoxy) is 1. The number of benzene rings is 1. The Hall–Kier alpha value is -2.45. The van der Waals surface area contributed by atoms with Gasteiger partial charge in [0.1, 0.15) is 0 Å². The van der Waals surface area contributed by atoms with Crippen LogP contribution in [0.4, 0.5) is 0 Å². The van der Waals surface area contributed by atoms with Gasteiger partial charge in [0.05, 0.1) is 11.5 Å². The predicted octanol–water partition coefficient (Wildman–Crippen LogP) is 2.98. The van der Waals surface area contributed by atoms with Gasteiger partial charge in [-0.05, 0) is 43.5 Å². The van der Waals surface area contributed by atoms with Crippen LogP contribution in [-0.4, -0.2) is 43.3 Å². The van der Waals surface area contributed by atoms with Crippen LogP contribution in [0, 0.1) is 0 Å². The lowest BCUT2D eigenvalue weighted by Gasteiger charge is -2.16. The molecular weight excluding hydrogens is 390 g/mol. The number of carbonyl (C=O) groups is 1. The molecule has 0 atom stereocenters. The zero-order valence-corrected chi connectivity index (χ0v) is 17.5. The van der Waals surface area contributed by atoms with E-state index in [0.29, 0.717) is 31.1 Å². The van der Waals surface area contributed by atoms with Crippen LogP contribution in [0.3, 0.4) is 0 Å². The predicted molar refractivity (Wildman–Crippen MR) is 110 cm³/mol. The molecule has 1 amide bonds. The second-order valence-corrected chi connectivity index (χ2v) is 8.93. The van der Waals surface area contributed by atoms with Gasteiger partial charge in [-0.1, -0.05) is 25.5 Å². The van der Waals surface area contributed by atoms with Crippen molar-refractivity contribution in [3.63, 3.8) is 0 Å². The van der Waals surface area contributed by atoms with E-state index < -0.39 is 10.0 Å². The largest absolute Gasteiger partial charge is 0.477 e. The molecule has 1 aliphatic rings. The minimum Gasteiger partial charge on any atom is -0.477 e. The summed E-state index contributed by atoms with van der Waals surface area (Å²) in [6.45, 7) is 3.96. The van der Waals surface area contributed by atoms with Crippen LogP contribution in [0.5, 0.6) is 5.88 Å². The summed E-state index contributed by atoms with van der Waals surface area (Å²) >= 11 is 0. The molecule has 1 aromatic carbocycles. The Balaban J connectivity index is 1.68. The Kier molecular flexibility index (Phi) is 7.22. The third-order valence-electron chi connectivity index (χ3n) is 4.83. The van der Waals surface area contributed by atoms with Crippen molar-refractivity contribution >= 4 is 15.9 Å². The number of carbonyl (C=O) groups excluding carboxylic acids is 1. The van der Waals surface area contributed by atoms with Crippen LogP contribution >= 0.6 is 0 Å². The summed E-state index contributed by atoms with van der Waals surface area (Å²) in [7, 11) is -3.56. The normalized spacial score (nSPS) is 14.7. The zero-order valence-electron chi connectivity index (χ0n) is 16.6. The lowest BCUT2D eigenvalue weighted by atomic mass is 10.2. The number of hydrogen-bond donors (Lipinski definition) is 1. The zero-order chi connectivity index (χ0) is 20.7. The van der Waals surface area contributed by atoms with E-state index in [-0.39, 0.29) is 17.3 Å². The molecule has 0 radical (unpaired) electrons. The summed E-state index contributed by atoms with van der Waals surface area (Å²) in [5.41, 5.74) is 1.08. The third kappa shape index (κ3) is 5.33. The van der Waals surface area contributed by atoms with Crippen LogP contribution in [0.2, 0.25) is 0 Å². The number of pyridine rings is 1. The van der Waals surface area contributed by atoms with Crippen molar-refractivity contribution in [1.29, 1.82) is 0 Å². The van der Waals surface area contributed by atoms with Gasteiger partial charge in [-0.15, -0.1) is 0 Å². The highest BCUT2D eigenvalue weighted by molar-refractivity contribution is 7.89. The van der Waals surface area contributed by atoms with Crippen molar-refractivity contribution in [2.45, 2.75) is 44.0 Å². The van der Waals surface area contributed by atoms with E-state index in [1.54, 1.807) is 24.4 Å². The van der Waals surface area contributed by atoms with E-state index in [0.717, 1.165) is 31.2 Å². The molecule has 156 valence electrons. The van der Waals surface area contributed by atoms with Gasteiger partial charge in [0.15, 0.2) is 0 Å². The number of rotatable bonds is 9. The quantitative estimate of drug-likeness (QED) is 0.634. The van der Waals surface area contributed by atoms with E-state index >= 15 is 0 Å². The number of nitrogens with zero attached hydrogens (tertiary/aromatic N) is 2. The van der Waals surface area contributed by atoms with E-state index in [2.05, 4.69) is 17.2 Å². The van der Waals surface area contributed by atoms with E-state index in [1.807, 2.05) is 6.07 Å². The first kappa shape index (κ1) is 21.3. The van der Waals surface area contributed by atoms with Crippen molar-refractivity contribution in [2.75, 3.05) is 19.7 Å². The van der Waals surface area contributed by atoms with Crippen LogP contribution in [0.15, 0.2) is 47.5 Å². The first-order valence-electron chi connectivity index (χ1n) is 9.97. The van der Waals surface area contributed by atoms with Crippen molar-refractivity contribution < 1.29 is 17.9 Å². The molecule has 3 rings (SSSR count). The Morgan fingerprint density at radius 3 is 2.76 bits per heavy atom. The average Bonchev–Trinajstić information content (AvgIpc) is 3.29. The van der Waals surface area contributed by atoms with Gasteiger partial charge in [0.25, 0.3) is 5.91 Å². The SMILES string of the molecule is CCCCOc1ncccc1CNC(=O)c1cccc(S(=O)(=O)N2CCCC2)c1. The average molecular weight is 418 g/mol. The molecule has 0 unspecified atom stereocenters. The Labute approximate surface area is 172 Å². The van der Waals surface area contributed by atoms with Crippen molar-refractivity contribution in [1.82, 2.24) is 14.6 Å². The highest BCUT2D eigenvalue weighted by Gasteiger charge is 2.27. The highest BCUT2D eigenvalue weighted by atomic mass is 32.2. The fraction of sp³-hybridized carbons (Fsp3) is 0.429. The van der Waals surface area contributed by atoms with Crippen molar-refractivity contribution in [3.8, 4) is 5.88 Å². The maximum absolute atomic E-state index is 12.7. The Morgan fingerprint density at radius 1 is 1.21 bits per heavy atom. The molecule has 1 aromatic heterocycles. The molecule has 1 N–H and O–H groups in total. The van der Waals surface area contributed by atoms with Gasteiger partial charge < -0.3 is 10.1 Å². The Morgan fingerprint density at radius 2 is 2.00 bits per heavy atom. The number of sulfonamides is 1. The molecule has 1 aliphatic heterocycles. The molecule has 1 fully saturated rings. The van der Waals surface area contributed by atoms with Crippen LogP contribution in [-0.2, 0) is 16.6 Å². The van der Waals surface area contributed by atoms with Crippen LogP contribution in [0.25, 0.3) is 0 Å². The summed E-state index contributed by atoms with van der Waals surface area (Å²) in [6.07, 6.45) is 5.34. The maximum Gasteiger partial charge on any atom is 0.251 e. The van der Waals surface area contributed by atoms with Gasteiger partial charge in [-0.2, -0.15) is 4.31 Å². The van der Waals surface area contributed by atoms with Crippen molar-refractivity contribution in [3.05, 3.63) is 53.7 Å². The summed E-state index contributed by atoms with van der Waals surface area (Å²) in [5.74, 6) is 0.165. The molecule has 0 saturated carbocycles. The minimum atomic E-state index is -3.56. The van der Waals surface area contributed by atoms with E-state index in [9.17, 15) is 13.2 Å². The lowest BCUT2D eigenvalue weighted by Crippen LogP contribution is -2.28. The van der Waals surface area contributed by atoms with Crippen LogP contribution in [0.1, 0.15) is 48.5 Å². The molecule has 7 nitrogen and oxygen atoms in total. The van der Waals surface area contributed by atoms with Gasteiger partial charge >= 0.3 is 0 Å². The maximum atomic E-state index is 12.7. The number of amides is 1. The monoisotopic (exact) mass is 417 g/mol. The minimum absolute atomic E-state index is 0.150. The Bertz CT molecular complexity index is 940. The standard InChI is InChI=1S/C21H27N3O4S/c1-2-3-14-28-21-18(9-7-11-22-21)16-23-20(25)17-8-6-10-19(15-17)29(26,27)24-12-4-5-13-24/h6-11,15H,2-5,12-14,16H2,1H3,(H,23,25). The summed E-state index contributed by atoms with van der Waals surface area (Å²) in [5, 5.41) is 2.83. The summed E-state index contributed by atoms with van der Waals surface area (Å²) < 4.78 is 32.6. The van der Waals surface area contributed by atoms with Gasteiger partial charge in [0, 0.05) is 37.0 Å². The first-order valence-corrected chi connectivity index (χ1v) is 11.4. The van der Waals surface area contributed by atoms with E-state index in [1.165, 1.54) is 16.4 Å². The second kappa shape index (κ2) is 9.84.